The molecule has 0 aliphatic heterocycles. The van der Waals surface area contributed by atoms with Crippen LogP contribution in [0.2, 0.25) is 0 Å². The molecule has 0 aliphatic rings. The van der Waals surface area contributed by atoms with Crippen LogP contribution in [0, 0.1) is 6.92 Å². The molecule has 1 amide bonds. The zero-order chi connectivity index (χ0) is 22.4. The van der Waals surface area contributed by atoms with Crippen LogP contribution in [0.5, 0.6) is 11.5 Å². The maximum atomic E-state index is 12.7. The van der Waals surface area contributed by atoms with Crippen LogP contribution in [0.25, 0.3) is 0 Å². The molecule has 31 heavy (non-hydrogen) atoms. The highest BCUT2D eigenvalue weighted by Crippen LogP contribution is 2.30. The van der Waals surface area contributed by atoms with E-state index in [4.69, 9.17) is 9.47 Å². The van der Waals surface area contributed by atoms with Crippen LogP contribution in [-0.2, 0) is 16.6 Å². The van der Waals surface area contributed by atoms with Gasteiger partial charge in [-0.05, 0) is 54.4 Å². The SMILES string of the molecule is COc1ccc(S(=O)(=O)Nc2ccc(C(=O)NCc3ccccc3C)cc2)cc1OC. The minimum absolute atomic E-state index is 0.0326. The van der Waals surface area contributed by atoms with Crippen LogP contribution in [0.15, 0.2) is 71.6 Å². The number of rotatable bonds is 8. The van der Waals surface area contributed by atoms with E-state index in [0.717, 1.165) is 11.1 Å². The molecule has 3 aromatic carbocycles. The highest BCUT2D eigenvalue weighted by atomic mass is 32.2. The molecule has 0 bridgehead atoms. The summed E-state index contributed by atoms with van der Waals surface area (Å²) in [5.41, 5.74) is 2.91. The summed E-state index contributed by atoms with van der Waals surface area (Å²) in [6.07, 6.45) is 0. The van der Waals surface area contributed by atoms with Crippen molar-refractivity contribution in [2.75, 3.05) is 18.9 Å². The number of nitrogens with one attached hydrogen (secondary N) is 2. The lowest BCUT2D eigenvalue weighted by molar-refractivity contribution is 0.0951. The molecule has 0 radical (unpaired) electrons. The molecule has 0 saturated heterocycles. The molecule has 7 nitrogen and oxygen atoms in total. The Labute approximate surface area is 182 Å². The lowest BCUT2D eigenvalue weighted by Crippen LogP contribution is -2.23. The van der Waals surface area contributed by atoms with Crippen molar-refractivity contribution >= 4 is 21.6 Å². The Morgan fingerprint density at radius 2 is 1.58 bits per heavy atom. The fourth-order valence-electron chi connectivity index (χ4n) is 2.97. The Balaban J connectivity index is 1.68. The summed E-state index contributed by atoms with van der Waals surface area (Å²) in [5, 5.41) is 2.87. The van der Waals surface area contributed by atoms with Gasteiger partial charge in [0.15, 0.2) is 11.5 Å². The quantitative estimate of drug-likeness (QED) is 0.557. The highest BCUT2D eigenvalue weighted by Gasteiger charge is 2.17. The van der Waals surface area contributed by atoms with Gasteiger partial charge in [-0.1, -0.05) is 24.3 Å². The number of methoxy groups -OCH3 is 2. The van der Waals surface area contributed by atoms with Gasteiger partial charge < -0.3 is 14.8 Å². The molecule has 0 aliphatic carbocycles. The van der Waals surface area contributed by atoms with E-state index in [2.05, 4.69) is 10.0 Å². The largest absolute Gasteiger partial charge is 0.493 e. The summed E-state index contributed by atoms with van der Waals surface area (Å²) in [4.78, 5) is 12.4. The number of benzene rings is 3. The molecule has 3 rings (SSSR count). The van der Waals surface area contributed by atoms with Crippen LogP contribution in [0.4, 0.5) is 5.69 Å². The van der Waals surface area contributed by atoms with Crippen LogP contribution >= 0.6 is 0 Å². The second-order valence-electron chi connectivity index (χ2n) is 6.81. The van der Waals surface area contributed by atoms with Gasteiger partial charge in [-0.2, -0.15) is 0 Å². The van der Waals surface area contributed by atoms with Crippen molar-refractivity contribution in [1.82, 2.24) is 5.32 Å². The van der Waals surface area contributed by atoms with E-state index in [1.165, 1.54) is 32.4 Å². The summed E-state index contributed by atoms with van der Waals surface area (Å²) in [6, 6.07) is 18.4. The molecule has 3 aromatic rings. The lowest BCUT2D eigenvalue weighted by atomic mass is 10.1. The molecule has 0 aromatic heterocycles. The smallest absolute Gasteiger partial charge is 0.262 e. The Hall–Kier alpha value is -3.52. The third-order valence-electron chi connectivity index (χ3n) is 4.77. The lowest BCUT2D eigenvalue weighted by Gasteiger charge is -2.12. The van der Waals surface area contributed by atoms with E-state index in [0.29, 0.717) is 29.3 Å². The van der Waals surface area contributed by atoms with Crippen molar-refractivity contribution in [3.63, 3.8) is 0 Å². The number of anilines is 1. The summed E-state index contributed by atoms with van der Waals surface area (Å²) in [6.45, 7) is 2.40. The molecule has 0 atom stereocenters. The average molecular weight is 441 g/mol. The first kappa shape index (κ1) is 22.2. The predicted molar refractivity (Wildman–Crippen MR) is 119 cm³/mol. The third kappa shape index (κ3) is 5.35. The number of hydrogen-bond donors (Lipinski definition) is 2. The fraction of sp³-hybridized carbons (Fsp3) is 0.174. The summed E-state index contributed by atoms with van der Waals surface area (Å²) < 4.78 is 38.2. The van der Waals surface area contributed by atoms with E-state index < -0.39 is 10.0 Å². The van der Waals surface area contributed by atoms with Gasteiger partial charge in [0.2, 0.25) is 0 Å². The van der Waals surface area contributed by atoms with Gasteiger partial charge in [-0.25, -0.2) is 8.42 Å². The van der Waals surface area contributed by atoms with Crippen molar-refractivity contribution in [3.8, 4) is 11.5 Å². The number of aryl methyl sites for hydroxylation is 1. The van der Waals surface area contributed by atoms with E-state index in [9.17, 15) is 13.2 Å². The van der Waals surface area contributed by atoms with E-state index in [1.807, 2.05) is 31.2 Å². The molecule has 8 heteroatoms. The summed E-state index contributed by atoms with van der Waals surface area (Å²) in [5.74, 6) is 0.506. The second kappa shape index (κ2) is 9.53. The van der Waals surface area contributed by atoms with Crippen molar-refractivity contribution < 1.29 is 22.7 Å². The maximum absolute atomic E-state index is 12.7. The topological polar surface area (TPSA) is 93.7 Å². The molecule has 0 heterocycles. The average Bonchev–Trinajstić information content (AvgIpc) is 2.78. The number of ether oxygens (including phenoxy) is 2. The van der Waals surface area contributed by atoms with Crippen LogP contribution in [0.3, 0.4) is 0 Å². The number of hydrogen-bond acceptors (Lipinski definition) is 5. The number of amides is 1. The molecule has 162 valence electrons. The number of carbonyl (C=O) groups excluding carboxylic acids is 1. The van der Waals surface area contributed by atoms with E-state index in [-0.39, 0.29) is 10.8 Å². The Morgan fingerprint density at radius 1 is 0.903 bits per heavy atom. The highest BCUT2D eigenvalue weighted by molar-refractivity contribution is 7.92. The molecule has 0 unspecified atom stereocenters. The minimum Gasteiger partial charge on any atom is -0.493 e. The van der Waals surface area contributed by atoms with Crippen molar-refractivity contribution in [3.05, 3.63) is 83.4 Å². The van der Waals surface area contributed by atoms with Gasteiger partial charge >= 0.3 is 0 Å². The first-order valence-electron chi connectivity index (χ1n) is 9.51. The Bertz CT molecular complexity index is 1170. The van der Waals surface area contributed by atoms with Gasteiger partial charge in [0, 0.05) is 23.9 Å². The van der Waals surface area contributed by atoms with Crippen LogP contribution in [0.1, 0.15) is 21.5 Å². The zero-order valence-corrected chi connectivity index (χ0v) is 18.3. The maximum Gasteiger partial charge on any atom is 0.262 e. The Kier molecular flexibility index (Phi) is 6.81. The summed E-state index contributed by atoms with van der Waals surface area (Å²) >= 11 is 0. The monoisotopic (exact) mass is 440 g/mol. The van der Waals surface area contributed by atoms with Crippen molar-refractivity contribution in [2.45, 2.75) is 18.4 Å². The molecule has 0 saturated carbocycles. The minimum atomic E-state index is -3.84. The van der Waals surface area contributed by atoms with Crippen LogP contribution in [-0.4, -0.2) is 28.5 Å². The first-order chi connectivity index (χ1) is 14.8. The van der Waals surface area contributed by atoms with Gasteiger partial charge in [0.1, 0.15) is 0 Å². The third-order valence-corrected chi connectivity index (χ3v) is 6.14. The Morgan fingerprint density at radius 3 is 2.23 bits per heavy atom. The summed E-state index contributed by atoms with van der Waals surface area (Å²) in [7, 11) is -0.931. The molecule has 0 spiro atoms. The number of sulfonamides is 1. The van der Waals surface area contributed by atoms with Crippen molar-refractivity contribution in [2.24, 2.45) is 0 Å². The first-order valence-corrected chi connectivity index (χ1v) is 11.0. The van der Waals surface area contributed by atoms with Gasteiger partial charge in [-0.15, -0.1) is 0 Å². The molecular formula is C23H24N2O5S. The normalized spacial score (nSPS) is 10.9. The predicted octanol–water partition coefficient (Wildman–Crippen LogP) is 3.74. The van der Waals surface area contributed by atoms with E-state index in [1.54, 1.807) is 24.3 Å². The van der Waals surface area contributed by atoms with Gasteiger partial charge in [-0.3, -0.25) is 9.52 Å². The van der Waals surface area contributed by atoms with E-state index >= 15 is 0 Å². The van der Waals surface area contributed by atoms with Gasteiger partial charge in [0.25, 0.3) is 15.9 Å². The molecule has 2 N–H and O–H groups in total. The standard InChI is InChI=1S/C23H24N2O5S/c1-16-6-4-5-7-18(16)15-24-23(26)17-8-10-19(11-9-17)25-31(27,28)20-12-13-21(29-2)22(14-20)30-3/h4-14,25H,15H2,1-3H3,(H,24,26). The zero-order valence-electron chi connectivity index (χ0n) is 17.5. The van der Waals surface area contributed by atoms with Gasteiger partial charge in [0.05, 0.1) is 19.1 Å². The number of carbonyl (C=O) groups is 1. The molecular weight excluding hydrogens is 416 g/mol. The van der Waals surface area contributed by atoms with Crippen LogP contribution < -0.4 is 19.5 Å². The van der Waals surface area contributed by atoms with Crippen molar-refractivity contribution in [1.29, 1.82) is 0 Å². The molecule has 0 fully saturated rings. The second-order valence-corrected chi connectivity index (χ2v) is 8.49. The fourth-order valence-corrected chi connectivity index (χ4v) is 4.05.